The van der Waals surface area contributed by atoms with Gasteiger partial charge in [-0.2, -0.15) is 15.0 Å². The van der Waals surface area contributed by atoms with E-state index in [9.17, 15) is 4.79 Å². The molecule has 0 saturated heterocycles. The summed E-state index contributed by atoms with van der Waals surface area (Å²) in [5.74, 6) is -0.170. The van der Waals surface area contributed by atoms with Crippen molar-refractivity contribution in [3.8, 4) is 0 Å². The number of halogens is 1. The monoisotopic (exact) mass is 258 g/mol. The first kappa shape index (κ1) is 13.4. The van der Waals surface area contributed by atoms with Crippen LogP contribution < -0.4 is 16.4 Å². The van der Waals surface area contributed by atoms with Crippen LogP contribution in [0, 0.1) is 0 Å². The summed E-state index contributed by atoms with van der Waals surface area (Å²) < 4.78 is 0. The van der Waals surface area contributed by atoms with Crippen LogP contribution in [0.2, 0.25) is 5.28 Å². The first-order chi connectivity index (χ1) is 8.02. The maximum absolute atomic E-state index is 11.0. The molecule has 0 radical (unpaired) electrons. The van der Waals surface area contributed by atoms with E-state index in [-0.39, 0.29) is 23.7 Å². The van der Waals surface area contributed by atoms with Gasteiger partial charge in [0.25, 0.3) is 0 Å². The van der Waals surface area contributed by atoms with Gasteiger partial charge in [-0.25, -0.2) is 0 Å². The Morgan fingerprint density at radius 2 is 2.12 bits per heavy atom. The van der Waals surface area contributed by atoms with Crippen molar-refractivity contribution in [2.45, 2.75) is 19.8 Å². The first-order valence-corrected chi connectivity index (χ1v) is 5.61. The normalized spacial score (nSPS) is 10.2. The van der Waals surface area contributed by atoms with Gasteiger partial charge in [0.1, 0.15) is 0 Å². The first-order valence-electron chi connectivity index (χ1n) is 5.23. The van der Waals surface area contributed by atoms with Crippen molar-refractivity contribution in [1.82, 2.24) is 15.0 Å². The molecular formula is C9H15ClN6O. The quantitative estimate of drug-likeness (QED) is 0.754. The summed E-state index contributed by atoms with van der Waals surface area (Å²) in [5, 5.41) is -0.00142. The Morgan fingerprint density at radius 1 is 1.41 bits per heavy atom. The van der Waals surface area contributed by atoms with E-state index in [1.165, 1.54) is 0 Å². The Bertz CT molecular complexity index is 379. The molecule has 0 spiro atoms. The summed E-state index contributed by atoms with van der Waals surface area (Å²) in [6.45, 7) is 2.68. The van der Waals surface area contributed by atoms with Crippen molar-refractivity contribution < 1.29 is 4.79 Å². The van der Waals surface area contributed by atoms with E-state index in [4.69, 9.17) is 23.1 Å². The lowest BCUT2D eigenvalue weighted by atomic mass is 10.3. The minimum atomic E-state index is -0.462. The van der Waals surface area contributed by atoms with Gasteiger partial charge < -0.3 is 16.4 Å². The van der Waals surface area contributed by atoms with Gasteiger partial charge in [-0.15, -0.1) is 0 Å². The minimum absolute atomic E-state index is 0.00142. The number of amides is 1. The van der Waals surface area contributed by atoms with Crippen molar-refractivity contribution in [2.24, 2.45) is 5.73 Å². The average Bonchev–Trinajstić information content (AvgIpc) is 2.22. The Morgan fingerprint density at radius 3 is 2.65 bits per heavy atom. The maximum Gasteiger partial charge on any atom is 0.237 e. The molecule has 7 nitrogen and oxygen atoms in total. The second-order valence-corrected chi connectivity index (χ2v) is 3.84. The molecule has 0 bridgehead atoms. The maximum atomic E-state index is 11.0. The number of nitrogens with zero attached hydrogens (tertiary/aromatic N) is 4. The zero-order chi connectivity index (χ0) is 12.8. The molecule has 1 heterocycles. The summed E-state index contributed by atoms with van der Waals surface area (Å²) in [5.41, 5.74) is 10.6. The van der Waals surface area contributed by atoms with E-state index in [0.717, 1.165) is 12.8 Å². The Kier molecular flexibility index (Phi) is 4.89. The Hall–Kier alpha value is -1.63. The molecule has 0 aliphatic heterocycles. The number of hydrogen-bond acceptors (Lipinski definition) is 6. The van der Waals surface area contributed by atoms with Gasteiger partial charge in [-0.05, 0) is 18.0 Å². The fourth-order valence-corrected chi connectivity index (χ4v) is 1.44. The van der Waals surface area contributed by atoms with Crippen LogP contribution >= 0.6 is 11.6 Å². The second kappa shape index (κ2) is 6.19. The number of nitrogen functional groups attached to an aromatic ring is 1. The minimum Gasteiger partial charge on any atom is -0.368 e. The lowest BCUT2D eigenvalue weighted by molar-refractivity contribution is -0.116. The molecule has 0 atom stereocenters. The molecule has 8 heteroatoms. The lowest BCUT2D eigenvalue weighted by Gasteiger charge is -2.20. The number of carbonyl (C=O) groups is 1. The summed E-state index contributed by atoms with van der Waals surface area (Å²) in [6.07, 6.45) is 1.86. The van der Waals surface area contributed by atoms with Gasteiger partial charge in [0, 0.05) is 6.54 Å². The number of unbranched alkanes of at least 4 members (excludes halogenated alkanes) is 1. The molecule has 1 aromatic rings. The summed E-state index contributed by atoms with van der Waals surface area (Å²) >= 11 is 5.68. The molecule has 94 valence electrons. The molecule has 1 amide bonds. The van der Waals surface area contributed by atoms with Crippen LogP contribution in [0.15, 0.2) is 0 Å². The second-order valence-electron chi connectivity index (χ2n) is 3.50. The molecule has 0 aromatic carbocycles. The molecular weight excluding hydrogens is 244 g/mol. The average molecular weight is 259 g/mol. The fourth-order valence-electron chi connectivity index (χ4n) is 1.28. The van der Waals surface area contributed by atoms with Gasteiger partial charge in [0.15, 0.2) is 0 Å². The number of aromatic nitrogens is 3. The van der Waals surface area contributed by atoms with Gasteiger partial charge >= 0.3 is 0 Å². The number of anilines is 2. The number of rotatable bonds is 6. The smallest absolute Gasteiger partial charge is 0.237 e. The third kappa shape index (κ3) is 4.39. The van der Waals surface area contributed by atoms with Crippen molar-refractivity contribution >= 4 is 29.4 Å². The van der Waals surface area contributed by atoms with E-state index in [2.05, 4.69) is 15.0 Å². The molecule has 1 rings (SSSR count). The molecule has 1 aromatic heterocycles. The highest BCUT2D eigenvalue weighted by Crippen LogP contribution is 2.12. The molecule has 0 unspecified atom stereocenters. The van der Waals surface area contributed by atoms with Crippen LogP contribution in [-0.4, -0.2) is 33.9 Å². The van der Waals surface area contributed by atoms with E-state index in [1.54, 1.807) is 4.90 Å². The zero-order valence-corrected chi connectivity index (χ0v) is 10.3. The predicted molar refractivity (Wildman–Crippen MR) is 65.6 cm³/mol. The molecule has 17 heavy (non-hydrogen) atoms. The molecule has 0 aliphatic rings. The fraction of sp³-hybridized carbons (Fsp3) is 0.556. The summed E-state index contributed by atoms with van der Waals surface area (Å²) in [4.78, 5) is 24.1. The molecule has 0 saturated carbocycles. The summed E-state index contributed by atoms with van der Waals surface area (Å²) in [7, 11) is 0. The zero-order valence-electron chi connectivity index (χ0n) is 9.56. The topological polar surface area (TPSA) is 111 Å². The van der Waals surface area contributed by atoms with E-state index in [0.29, 0.717) is 6.54 Å². The van der Waals surface area contributed by atoms with Crippen LogP contribution in [0.4, 0.5) is 11.9 Å². The number of primary amides is 1. The highest BCUT2D eigenvalue weighted by atomic mass is 35.5. The third-order valence-electron chi connectivity index (χ3n) is 2.02. The van der Waals surface area contributed by atoms with E-state index >= 15 is 0 Å². The highest BCUT2D eigenvalue weighted by molar-refractivity contribution is 6.28. The van der Waals surface area contributed by atoms with Gasteiger partial charge in [-0.1, -0.05) is 13.3 Å². The largest absolute Gasteiger partial charge is 0.368 e. The number of hydrogen-bond donors (Lipinski definition) is 2. The van der Waals surface area contributed by atoms with Crippen LogP contribution in [-0.2, 0) is 4.79 Å². The van der Waals surface area contributed by atoms with E-state index < -0.39 is 5.91 Å². The van der Waals surface area contributed by atoms with E-state index in [1.807, 2.05) is 6.92 Å². The van der Waals surface area contributed by atoms with Crippen LogP contribution in [0.3, 0.4) is 0 Å². The van der Waals surface area contributed by atoms with Crippen LogP contribution in [0.5, 0.6) is 0 Å². The van der Waals surface area contributed by atoms with Crippen molar-refractivity contribution in [3.05, 3.63) is 5.28 Å². The summed E-state index contributed by atoms with van der Waals surface area (Å²) in [6, 6.07) is 0. The van der Waals surface area contributed by atoms with Crippen molar-refractivity contribution in [2.75, 3.05) is 23.7 Å². The molecule has 4 N–H and O–H groups in total. The van der Waals surface area contributed by atoms with Crippen molar-refractivity contribution in [3.63, 3.8) is 0 Å². The Balaban J connectivity index is 2.90. The SMILES string of the molecule is CCCCN(CC(N)=O)c1nc(N)nc(Cl)n1. The van der Waals surface area contributed by atoms with Crippen LogP contribution in [0.1, 0.15) is 19.8 Å². The van der Waals surface area contributed by atoms with Gasteiger partial charge in [0.05, 0.1) is 6.54 Å². The van der Waals surface area contributed by atoms with Gasteiger partial charge in [0.2, 0.25) is 23.1 Å². The third-order valence-corrected chi connectivity index (χ3v) is 2.19. The highest BCUT2D eigenvalue weighted by Gasteiger charge is 2.13. The number of nitrogens with two attached hydrogens (primary N) is 2. The van der Waals surface area contributed by atoms with Gasteiger partial charge in [-0.3, -0.25) is 4.79 Å². The lowest BCUT2D eigenvalue weighted by Crippen LogP contribution is -2.36. The molecule has 0 aliphatic carbocycles. The van der Waals surface area contributed by atoms with Crippen LogP contribution in [0.25, 0.3) is 0 Å². The predicted octanol–water partition coefficient (Wildman–Crippen LogP) is 0.199. The van der Waals surface area contributed by atoms with Crippen molar-refractivity contribution in [1.29, 1.82) is 0 Å². The standard InChI is InChI=1S/C9H15ClN6O/c1-2-3-4-16(5-6(11)17)9-14-7(10)13-8(12)15-9/h2-5H2,1H3,(H2,11,17)(H2,12,13,14,15). The Labute approximate surface area is 104 Å². The molecule has 0 fully saturated rings. The number of carbonyl (C=O) groups excluding carboxylic acids is 1.